The van der Waals surface area contributed by atoms with Crippen LogP contribution < -0.4 is 10.1 Å². The Balaban J connectivity index is 1.51. The molecule has 156 valence electrons. The van der Waals surface area contributed by atoms with E-state index in [-0.39, 0.29) is 23.3 Å². The second-order valence-corrected chi connectivity index (χ2v) is 7.14. The van der Waals surface area contributed by atoms with Gasteiger partial charge in [0.05, 0.1) is 23.4 Å². The Hall–Kier alpha value is -3.93. The first kappa shape index (κ1) is 20.3. The number of carbonyl (C=O) groups excluding carboxylic acids is 3. The number of nitrogens with one attached hydrogen (secondary N) is 1. The third-order valence-corrected chi connectivity index (χ3v) is 5.13. The summed E-state index contributed by atoms with van der Waals surface area (Å²) in [5, 5.41) is 2.81. The van der Waals surface area contributed by atoms with Crippen molar-refractivity contribution in [2.45, 2.75) is 13.3 Å². The maximum absolute atomic E-state index is 12.9. The van der Waals surface area contributed by atoms with Gasteiger partial charge in [-0.1, -0.05) is 42.5 Å². The number of hydrogen-bond acceptors (Lipinski definition) is 4. The average Bonchev–Trinajstić information content (AvgIpc) is 3.03. The van der Waals surface area contributed by atoms with Crippen LogP contribution in [0.1, 0.15) is 43.6 Å². The molecule has 6 heteroatoms. The number of carbonyl (C=O) groups is 3. The molecule has 3 amide bonds. The molecule has 6 nitrogen and oxygen atoms in total. The first-order chi connectivity index (χ1) is 15.1. The quantitative estimate of drug-likeness (QED) is 0.589. The van der Waals surface area contributed by atoms with Crippen molar-refractivity contribution >= 4 is 23.4 Å². The summed E-state index contributed by atoms with van der Waals surface area (Å²) in [7, 11) is 0. The molecule has 1 aliphatic heterocycles. The normalized spacial score (nSPS) is 12.6. The molecule has 0 spiro atoms. The van der Waals surface area contributed by atoms with Crippen molar-refractivity contribution < 1.29 is 19.1 Å². The molecule has 31 heavy (non-hydrogen) atoms. The van der Waals surface area contributed by atoms with E-state index in [1.807, 2.05) is 43.3 Å². The van der Waals surface area contributed by atoms with Gasteiger partial charge in [-0.2, -0.15) is 0 Å². The fourth-order valence-corrected chi connectivity index (χ4v) is 3.57. The molecule has 0 radical (unpaired) electrons. The van der Waals surface area contributed by atoms with Crippen LogP contribution in [0.2, 0.25) is 0 Å². The Kier molecular flexibility index (Phi) is 5.80. The molecule has 0 saturated heterocycles. The Labute approximate surface area is 180 Å². The lowest BCUT2D eigenvalue weighted by Crippen LogP contribution is -2.31. The van der Waals surface area contributed by atoms with Crippen molar-refractivity contribution in [3.63, 3.8) is 0 Å². The molecule has 0 aromatic heterocycles. The summed E-state index contributed by atoms with van der Waals surface area (Å²) in [6.45, 7) is 2.63. The lowest BCUT2D eigenvalue weighted by Gasteiger charge is -2.13. The van der Waals surface area contributed by atoms with E-state index in [9.17, 15) is 14.4 Å². The van der Waals surface area contributed by atoms with E-state index in [2.05, 4.69) is 5.32 Å². The molecule has 0 aliphatic carbocycles. The van der Waals surface area contributed by atoms with Crippen LogP contribution in [-0.4, -0.2) is 35.8 Å². The number of imide groups is 1. The van der Waals surface area contributed by atoms with E-state index in [1.54, 1.807) is 30.3 Å². The number of para-hydroxylation sites is 2. The van der Waals surface area contributed by atoms with E-state index < -0.39 is 0 Å². The number of amides is 3. The zero-order valence-electron chi connectivity index (χ0n) is 17.1. The third-order valence-electron chi connectivity index (χ3n) is 5.13. The van der Waals surface area contributed by atoms with Gasteiger partial charge in [0.15, 0.2) is 0 Å². The van der Waals surface area contributed by atoms with Crippen LogP contribution >= 0.6 is 0 Å². The molecular weight excluding hydrogens is 392 g/mol. The molecule has 3 aromatic carbocycles. The molecular formula is C25H22N2O4. The minimum Gasteiger partial charge on any atom is -0.492 e. The van der Waals surface area contributed by atoms with Crippen LogP contribution in [0.4, 0.5) is 5.69 Å². The Morgan fingerprint density at radius 3 is 2.39 bits per heavy atom. The molecule has 4 rings (SSSR count). The van der Waals surface area contributed by atoms with Gasteiger partial charge in [0.1, 0.15) is 5.75 Å². The summed E-state index contributed by atoms with van der Waals surface area (Å²) < 4.78 is 5.54. The summed E-state index contributed by atoms with van der Waals surface area (Å²) in [4.78, 5) is 39.6. The van der Waals surface area contributed by atoms with E-state index in [0.29, 0.717) is 42.1 Å². The van der Waals surface area contributed by atoms with Gasteiger partial charge in [0, 0.05) is 12.1 Å². The number of anilines is 1. The van der Waals surface area contributed by atoms with Crippen LogP contribution in [0.5, 0.6) is 5.75 Å². The summed E-state index contributed by atoms with van der Waals surface area (Å²) >= 11 is 0. The largest absolute Gasteiger partial charge is 0.492 e. The lowest BCUT2D eigenvalue weighted by molar-refractivity contribution is 0.0656. The van der Waals surface area contributed by atoms with Crippen LogP contribution in [0, 0.1) is 0 Å². The number of nitrogens with zero attached hydrogens (tertiary/aromatic N) is 1. The van der Waals surface area contributed by atoms with E-state index in [4.69, 9.17) is 4.74 Å². The second kappa shape index (κ2) is 8.83. The van der Waals surface area contributed by atoms with Crippen molar-refractivity contribution in [1.82, 2.24) is 4.90 Å². The predicted octanol–water partition coefficient (Wildman–Crippen LogP) is 4.18. The Bertz CT molecular complexity index is 1140. The number of benzene rings is 3. The fourth-order valence-electron chi connectivity index (χ4n) is 3.57. The van der Waals surface area contributed by atoms with Crippen molar-refractivity contribution in [3.8, 4) is 5.75 Å². The molecule has 0 fully saturated rings. The van der Waals surface area contributed by atoms with Gasteiger partial charge in [-0.15, -0.1) is 0 Å². The van der Waals surface area contributed by atoms with Crippen LogP contribution in [-0.2, 0) is 6.42 Å². The van der Waals surface area contributed by atoms with E-state index in [0.717, 1.165) is 5.56 Å². The first-order valence-electron chi connectivity index (χ1n) is 10.2. The Morgan fingerprint density at radius 2 is 1.61 bits per heavy atom. The van der Waals surface area contributed by atoms with Gasteiger partial charge in [0.2, 0.25) is 0 Å². The number of rotatable bonds is 7. The van der Waals surface area contributed by atoms with Gasteiger partial charge in [0.25, 0.3) is 17.7 Å². The molecule has 1 heterocycles. The van der Waals surface area contributed by atoms with Crippen LogP contribution in [0.15, 0.2) is 72.8 Å². The highest BCUT2D eigenvalue weighted by Crippen LogP contribution is 2.27. The molecule has 0 saturated carbocycles. The highest BCUT2D eigenvalue weighted by Gasteiger charge is 2.35. The number of hydrogen-bond donors (Lipinski definition) is 1. The summed E-state index contributed by atoms with van der Waals surface area (Å²) in [5.41, 5.74) is 2.47. The molecule has 0 atom stereocenters. The third kappa shape index (κ3) is 4.19. The first-order valence-corrected chi connectivity index (χ1v) is 10.2. The Morgan fingerprint density at radius 1 is 0.903 bits per heavy atom. The van der Waals surface area contributed by atoms with Gasteiger partial charge < -0.3 is 10.1 Å². The standard InChI is InChI=1S/C25H22N2O4/c1-2-31-22-11-7-6-10-21(22)26-23(28)18-12-13-19-20(16-18)25(30)27(24(19)29)15-14-17-8-4-3-5-9-17/h3-13,16H,2,14-15H2,1H3,(H,26,28). The minimum atomic E-state index is -0.377. The second-order valence-electron chi connectivity index (χ2n) is 7.14. The molecule has 0 bridgehead atoms. The molecule has 0 unspecified atom stereocenters. The maximum Gasteiger partial charge on any atom is 0.261 e. The maximum atomic E-state index is 12.9. The predicted molar refractivity (Wildman–Crippen MR) is 118 cm³/mol. The lowest BCUT2D eigenvalue weighted by atomic mass is 10.1. The van der Waals surface area contributed by atoms with Crippen molar-refractivity contribution in [3.05, 3.63) is 95.1 Å². The topological polar surface area (TPSA) is 75.7 Å². The van der Waals surface area contributed by atoms with Gasteiger partial charge >= 0.3 is 0 Å². The summed E-state index contributed by atoms with van der Waals surface area (Å²) in [5.74, 6) is -0.513. The number of fused-ring (bicyclic) bond motifs is 1. The number of ether oxygens (including phenoxy) is 1. The highest BCUT2D eigenvalue weighted by molar-refractivity contribution is 6.22. The zero-order chi connectivity index (χ0) is 21.8. The monoisotopic (exact) mass is 414 g/mol. The smallest absolute Gasteiger partial charge is 0.261 e. The highest BCUT2D eigenvalue weighted by atomic mass is 16.5. The van der Waals surface area contributed by atoms with Crippen molar-refractivity contribution in [2.75, 3.05) is 18.5 Å². The van der Waals surface area contributed by atoms with Crippen molar-refractivity contribution in [1.29, 1.82) is 0 Å². The zero-order valence-corrected chi connectivity index (χ0v) is 17.1. The molecule has 1 N–H and O–H groups in total. The summed E-state index contributed by atoms with van der Waals surface area (Å²) in [6.07, 6.45) is 0.577. The van der Waals surface area contributed by atoms with Gasteiger partial charge in [-0.05, 0) is 49.2 Å². The molecule has 1 aliphatic rings. The SMILES string of the molecule is CCOc1ccccc1NC(=O)c1ccc2c(c1)C(=O)N(CCc1ccccc1)C2=O. The van der Waals surface area contributed by atoms with Gasteiger partial charge in [-0.25, -0.2) is 0 Å². The van der Waals surface area contributed by atoms with Crippen LogP contribution in [0.3, 0.4) is 0 Å². The average molecular weight is 414 g/mol. The molecule has 3 aromatic rings. The van der Waals surface area contributed by atoms with E-state index in [1.165, 1.54) is 11.0 Å². The van der Waals surface area contributed by atoms with Crippen LogP contribution in [0.25, 0.3) is 0 Å². The van der Waals surface area contributed by atoms with Gasteiger partial charge in [-0.3, -0.25) is 19.3 Å². The fraction of sp³-hybridized carbons (Fsp3) is 0.160. The summed E-state index contributed by atoms with van der Waals surface area (Å²) in [6, 6.07) is 21.4. The minimum absolute atomic E-state index is 0.254. The van der Waals surface area contributed by atoms with E-state index >= 15 is 0 Å². The van der Waals surface area contributed by atoms with Crippen molar-refractivity contribution in [2.24, 2.45) is 0 Å².